The van der Waals surface area contributed by atoms with Gasteiger partial charge in [-0.25, -0.2) is 4.79 Å². The molecular formula is C41H70NO7+. The number of ether oxygens (including phenoxy) is 3. The largest absolute Gasteiger partial charge is 0.477 e. The Hall–Kier alpha value is -2.97. The van der Waals surface area contributed by atoms with E-state index in [9.17, 15) is 19.5 Å². The van der Waals surface area contributed by atoms with Crippen molar-refractivity contribution >= 4 is 17.9 Å². The van der Waals surface area contributed by atoms with Gasteiger partial charge in [0.25, 0.3) is 0 Å². The summed E-state index contributed by atoms with van der Waals surface area (Å²) in [6, 6.07) is -0.624. The quantitative estimate of drug-likeness (QED) is 0.0325. The monoisotopic (exact) mass is 689 g/mol. The summed E-state index contributed by atoms with van der Waals surface area (Å²) in [7, 11) is 5.48. The average Bonchev–Trinajstić information content (AvgIpc) is 3.05. The number of carbonyl (C=O) groups excluding carboxylic acids is 2. The van der Waals surface area contributed by atoms with Crippen LogP contribution in [0, 0.1) is 0 Å². The van der Waals surface area contributed by atoms with Crippen molar-refractivity contribution in [2.24, 2.45) is 0 Å². The van der Waals surface area contributed by atoms with E-state index in [4.69, 9.17) is 14.2 Å². The molecule has 0 aliphatic heterocycles. The van der Waals surface area contributed by atoms with Crippen LogP contribution in [0.2, 0.25) is 0 Å². The molecule has 0 rings (SSSR count). The molecule has 1 N–H and O–H groups in total. The average molecular weight is 689 g/mol. The van der Waals surface area contributed by atoms with Gasteiger partial charge in [0.05, 0.1) is 34.4 Å². The predicted molar refractivity (Wildman–Crippen MR) is 201 cm³/mol. The van der Waals surface area contributed by atoms with Crippen LogP contribution >= 0.6 is 0 Å². The highest BCUT2D eigenvalue weighted by molar-refractivity contribution is 5.72. The van der Waals surface area contributed by atoms with E-state index in [1.165, 1.54) is 38.5 Å². The molecule has 0 amide bonds. The lowest BCUT2D eigenvalue weighted by Gasteiger charge is -2.31. The van der Waals surface area contributed by atoms with Crippen LogP contribution < -0.4 is 0 Å². The highest BCUT2D eigenvalue weighted by Gasteiger charge is 2.31. The second kappa shape index (κ2) is 32.2. The number of carboxylic acids is 1. The number of esters is 2. The molecule has 0 radical (unpaired) electrons. The summed E-state index contributed by atoms with van der Waals surface area (Å²) in [4.78, 5) is 36.7. The van der Waals surface area contributed by atoms with Crippen LogP contribution in [0.15, 0.2) is 60.8 Å². The zero-order valence-corrected chi connectivity index (χ0v) is 31.6. The van der Waals surface area contributed by atoms with E-state index in [0.29, 0.717) is 19.3 Å². The second-order valence-corrected chi connectivity index (χ2v) is 13.5. The van der Waals surface area contributed by atoms with Crippen molar-refractivity contribution in [3.8, 4) is 0 Å². The molecule has 0 saturated carbocycles. The Morgan fingerprint density at radius 3 is 1.65 bits per heavy atom. The van der Waals surface area contributed by atoms with Gasteiger partial charge in [0.1, 0.15) is 6.61 Å². The molecule has 0 saturated heterocycles. The molecule has 0 aromatic carbocycles. The molecule has 49 heavy (non-hydrogen) atoms. The van der Waals surface area contributed by atoms with Crippen molar-refractivity contribution in [1.82, 2.24) is 0 Å². The van der Waals surface area contributed by atoms with Crippen molar-refractivity contribution in [1.29, 1.82) is 0 Å². The van der Waals surface area contributed by atoms with E-state index in [-0.39, 0.29) is 42.7 Å². The molecule has 0 aromatic heterocycles. The van der Waals surface area contributed by atoms with Crippen LogP contribution in [0.3, 0.4) is 0 Å². The van der Waals surface area contributed by atoms with Crippen LogP contribution in [0.5, 0.6) is 0 Å². The Bertz CT molecular complexity index is 990. The van der Waals surface area contributed by atoms with E-state index in [0.717, 1.165) is 51.4 Å². The van der Waals surface area contributed by atoms with Gasteiger partial charge in [0.2, 0.25) is 0 Å². The van der Waals surface area contributed by atoms with Crippen LogP contribution in [0.25, 0.3) is 0 Å². The number of unbranched alkanes of at least 4 members (excludes halogenated alkanes) is 8. The molecule has 0 heterocycles. The maximum Gasteiger partial charge on any atom is 0.362 e. The number of nitrogens with zero attached hydrogens (tertiary/aromatic N) is 1. The third-order valence-corrected chi connectivity index (χ3v) is 7.95. The lowest BCUT2D eigenvalue weighted by Crippen LogP contribution is -2.50. The molecule has 0 aliphatic carbocycles. The predicted octanol–water partition coefficient (Wildman–Crippen LogP) is 9.46. The summed E-state index contributed by atoms with van der Waals surface area (Å²) in [5.74, 6) is -1.58. The summed E-state index contributed by atoms with van der Waals surface area (Å²) in [6.07, 6.45) is 37.1. The molecule has 0 bridgehead atoms. The van der Waals surface area contributed by atoms with E-state index in [1.807, 2.05) is 33.3 Å². The maximum absolute atomic E-state index is 12.6. The standard InChI is InChI=1S/C41H69NO7/c1-6-8-10-12-14-16-17-18-19-20-21-22-24-25-27-29-31-39(43)48-36-37(35-47-34-33-38(41(45)46)42(3,4)5)49-40(44)32-30-28-26-23-15-13-11-9-7-2/h8,10,14,16,18-19,21-22,25,27,37-38H,6-7,9,11-13,15,17,20,23-24,26,28-36H2,1-5H3/p+1/b10-8+,16-14+,19-18+,22-21+,27-25+. The summed E-state index contributed by atoms with van der Waals surface area (Å²) in [6.45, 7) is 4.49. The van der Waals surface area contributed by atoms with Gasteiger partial charge in [0, 0.05) is 19.3 Å². The minimum absolute atomic E-state index is 0.0367. The first-order valence-electron chi connectivity index (χ1n) is 18.8. The van der Waals surface area contributed by atoms with Gasteiger partial charge in [-0.2, -0.15) is 0 Å². The van der Waals surface area contributed by atoms with Gasteiger partial charge < -0.3 is 23.8 Å². The van der Waals surface area contributed by atoms with Gasteiger partial charge in [-0.3, -0.25) is 9.59 Å². The SMILES string of the molecule is CC/C=C/C/C=C/C/C=C/C/C=C/C/C=C/CCC(=O)OCC(COCCC(C(=O)O)[N+](C)(C)C)OC(=O)CCCCCCCCCCC. The number of carboxylic acid groups (broad SMARTS) is 1. The first-order valence-corrected chi connectivity index (χ1v) is 18.8. The summed E-state index contributed by atoms with van der Waals surface area (Å²) >= 11 is 0. The molecule has 2 atom stereocenters. The Morgan fingerprint density at radius 1 is 0.633 bits per heavy atom. The Kier molecular flexibility index (Phi) is 30.3. The number of hydrogen-bond donors (Lipinski definition) is 1. The summed E-state index contributed by atoms with van der Waals surface area (Å²) in [5, 5.41) is 9.56. The van der Waals surface area contributed by atoms with Gasteiger partial charge in [-0.05, 0) is 44.9 Å². The zero-order chi connectivity index (χ0) is 36.4. The molecule has 0 aromatic rings. The van der Waals surface area contributed by atoms with Crippen LogP contribution in [0.1, 0.15) is 129 Å². The number of aliphatic carboxylic acids is 1. The van der Waals surface area contributed by atoms with Crippen LogP contribution in [-0.4, -0.2) is 80.6 Å². The molecule has 8 nitrogen and oxygen atoms in total. The fourth-order valence-electron chi connectivity index (χ4n) is 5.02. The van der Waals surface area contributed by atoms with Crippen LogP contribution in [-0.2, 0) is 28.6 Å². The third kappa shape index (κ3) is 30.8. The van der Waals surface area contributed by atoms with Gasteiger partial charge >= 0.3 is 17.9 Å². The van der Waals surface area contributed by atoms with Gasteiger partial charge in [-0.15, -0.1) is 0 Å². The summed E-state index contributed by atoms with van der Waals surface area (Å²) < 4.78 is 17.1. The van der Waals surface area contributed by atoms with Crippen molar-refractivity contribution < 1.29 is 38.2 Å². The molecule has 0 spiro atoms. The van der Waals surface area contributed by atoms with E-state index in [2.05, 4.69) is 62.5 Å². The number of hydrogen-bond acceptors (Lipinski definition) is 6. The lowest BCUT2D eigenvalue weighted by atomic mass is 10.1. The van der Waals surface area contributed by atoms with E-state index < -0.39 is 18.1 Å². The zero-order valence-electron chi connectivity index (χ0n) is 31.6. The molecule has 0 aliphatic rings. The van der Waals surface area contributed by atoms with Gasteiger partial charge in [-0.1, -0.05) is 126 Å². The minimum atomic E-state index is -0.888. The van der Waals surface area contributed by atoms with Crippen molar-refractivity contribution in [3.05, 3.63) is 60.8 Å². The summed E-state index contributed by atoms with van der Waals surface area (Å²) in [5.41, 5.74) is 0. The fraction of sp³-hybridized carbons (Fsp3) is 0.683. The molecule has 0 fully saturated rings. The first kappa shape index (κ1) is 46.0. The van der Waals surface area contributed by atoms with Crippen molar-refractivity contribution in [2.45, 2.75) is 142 Å². The Labute approximate surface area is 298 Å². The highest BCUT2D eigenvalue weighted by Crippen LogP contribution is 2.12. The molecule has 8 heteroatoms. The molecular weight excluding hydrogens is 618 g/mol. The normalized spacial score (nSPS) is 13.7. The second-order valence-electron chi connectivity index (χ2n) is 13.5. The Morgan fingerprint density at radius 2 is 1.14 bits per heavy atom. The van der Waals surface area contributed by atoms with Crippen LogP contribution in [0.4, 0.5) is 0 Å². The topological polar surface area (TPSA) is 99.1 Å². The number of quaternary nitrogens is 1. The number of likely N-dealkylation sites (N-methyl/N-ethyl adjacent to an activating group) is 1. The molecule has 280 valence electrons. The minimum Gasteiger partial charge on any atom is -0.477 e. The maximum atomic E-state index is 12.6. The van der Waals surface area contributed by atoms with E-state index >= 15 is 0 Å². The lowest BCUT2D eigenvalue weighted by molar-refractivity contribution is -0.887. The molecule has 2 unspecified atom stereocenters. The third-order valence-electron chi connectivity index (χ3n) is 7.95. The number of carbonyl (C=O) groups is 3. The van der Waals surface area contributed by atoms with Crippen molar-refractivity contribution in [2.75, 3.05) is 41.0 Å². The highest BCUT2D eigenvalue weighted by atomic mass is 16.6. The first-order chi connectivity index (χ1) is 23.6. The fourth-order valence-corrected chi connectivity index (χ4v) is 5.02. The smallest absolute Gasteiger partial charge is 0.362 e. The van der Waals surface area contributed by atoms with Crippen molar-refractivity contribution in [3.63, 3.8) is 0 Å². The number of allylic oxidation sites excluding steroid dienone is 10. The van der Waals surface area contributed by atoms with Gasteiger partial charge in [0.15, 0.2) is 12.1 Å². The Balaban J connectivity index is 4.53. The van der Waals surface area contributed by atoms with E-state index in [1.54, 1.807) is 0 Å². The number of rotatable bonds is 32.